The predicted octanol–water partition coefficient (Wildman–Crippen LogP) is 6.68. The number of unbranched alkanes of at least 4 members (excludes halogenated alkanes) is 1. The van der Waals surface area contributed by atoms with E-state index in [-0.39, 0.29) is 10.8 Å². The molecule has 0 amide bonds. The van der Waals surface area contributed by atoms with E-state index in [0.29, 0.717) is 22.8 Å². The highest BCUT2D eigenvalue weighted by Crippen LogP contribution is 2.59. The molecular formula is C30H50N4O2S. The third kappa shape index (κ3) is 5.62. The second-order valence-electron chi connectivity index (χ2n) is 13.3. The highest BCUT2D eigenvalue weighted by molar-refractivity contribution is 8.22. The molecule has 0 spiro atoms. The van der Waals surface area contributed by atoms with Crippen molar-refractivity contribution in [3.63, 3.8) is 0 Å². The lowest BCUT2D eigenvalue weighted by atomic mass is 9.59. The van der Waals surface area contributed by atoms with Crippen molar-refractivity contribution >= 4 is 17.0 Å². The van der Waals surface area contributed by atoms with Crippen LogP contribution in [0.5, 0.6) is 0 Å². The van der Waals surface area contributed by atoms with Crippen molar-refractivity contribution in [3.8, 4) is 0 Å². The van der Waals surface area contributed by atoms with E-state index < -0.39 is 10.8 Å². The van der Waals surface area contributed by atoms with Crippen LogP contribution in [0.1, 0.15) is 84.6 Å². The normalized spacial score (nSPS) is 31.8. The van der Waals surface area contributed by atoms with Crippen molar-refractivity contribution < 1.29 is 9.11 Å². The van der Waals surface area contributed by atoms with Crippen LogP contribution >= 0.6 is 10.8 Å². The standard InChI is InChI=1S/C30H50N4O2S/c1-5-6-17-34-28-19-26-14-18-33(37(35,36)27-12-10-25(11-13-27)29(2,3)4)23-30(26,20-24(28)21-31-34)22-32-15-8-7-9-16-32/h10-13,21,24,26,28,35-36H,5-9,14-20,22-23H2,1-4H3. The van der Waals surface area contributed by atoms with Gasteiger partial charge in [0.25, 0.3) is 0 Å². The minimum atomic E-state index is -3.03. The molecule has 0 radical (unpaired) electrons. The van der Waals surface area contributed by atoms with Crippen LogP contribution in [-0.4, -0.2) is 74.8 Å². The summed E-state index contributed by atoms with van der Waals surface area (Å²) in [5.41, 5.74) is 1.35. The summed E-state index contributed by atoms with van der Waals surface area (Å²) in [6, 6.07) is 8.58. The Morgan fingerprint density at radius 1 is 1.05 bits per heavy atom. The van der Waals surface area contributed by atoms with Gasteiger partial charge in [-0.1, -0.05) is 52.7 Å². The quantitative estimate of drug-likeness (QED) is 0.412. The maximum absolute atomic E-state index is 11.7. The molecule has 7 heteroatoms. The summed E-state index contributed by atoms with van der Waals surface area (Å²) < 4.78 is 25.4. The van der Waals surface area contributed by atoms with Gasteiger partial charge in [-0.3, -0.25) is 14.1 Å². The largest absolute Gasteiger partial charge is 0.303 e. The number of hydrogen-bond donors (Lipinski definition) is 2. The van der Waals surface area contributed by atoms with Gasteiger partial charge in [0, 0.05) is 43.7 Å². The molecule has 1 aromatic rings. The Hall–Kier alpha value is -1.12. The van der Waals surface area contributed by atoms with Crippen molar-refractivity contribution in [2.45, 2.75) is 95.4 Å². The summed E-state index contributed by atoms with van der Waals surface area (Å²) >= 11 is 0. The summed E-state index contributed by atoms with van der Waals surface area (Å²) in [6.07, 6.45) is 11.9. The molecule has 5 rings (SSSR count). The molecule has 1 saturated carbocycles. The molecule has 3 heterocycles. The van der Waals surface area contributed by atoms with E-state index >= 15 is 0 Å². The molecule has 0 aromatic heterocycles. The maximum Gasteiger partial charge on any atom is 0.0752 e. The molecule has 2 N–H and O–H groups in total. The van der Waals surface area contributed by atoms with Gasteiger partial charge in [0.15, 0.2) is 0 Å². The van der Waals surface area contributed by atoms with Gasteiger partial charge in [0.05, 0.1) is 10.9 Å². The topological polar surface area (TPSA) is 62.5 Å². The number of hydrogen-bond acceptors (Lipinski definition) is 6. The van der Waals surface area contributed by atoms with Crippen molar-refractivity contribution in [1.82, 2.24) is 14.2 Å². The monoisotopic (exact) mass is 530 g/mol. The zero-order valence-corrected chi connectivity index (χ0v) is 24.4. The van der Waals surface area contributed by atoms with Gasteiger partial charge in [0.2, 0.25) is 0 Å². The first-order chi connectivity index (χ1) is 17.6. The third-order valence-corrected chi connectivity index (χ3v) is 11.6. The fraction of sp³-hybridized carbons (Fsp3) is 0.767. The van der Waals surface area contributed by atoms with E-state index in [1.165, 1.54) is 57.2 Å². The van der Waals surface area contributed by atoms with Crippen LogP contribution in [0.2, 0.25) is 0 Å². The van der Waals surface area contributed by atoms with E-state index in [1.54, 1.807) is 0 Å². The average molecular weight is 531 g/mol. The first-order valence-corrected chi connectivity index (χ1v) is 16.3. The molecule has 6 nitrogen and oxygen atoms in total. The number of hydrazone groups is 1. The van der Waals surface area contributed by atoms with Gasteiger partial charge < -0.3 is 4.90 Å². The SMILES string of the molecule is CCCCN1N=CC2CC3(CN4CCCCC4)CN(S(O)(O)c4ccc(C(C)(C)C)cc4)CCC3CC21. The zero-order valence-electron chi connectivity index (χ0n) is 23.6. The minimum absolute atomic E-state index is 0.0464. The van der Waals surface area contributed by atoms with Crippen molar-refractivity contribution in [3.05, 3.63) is 29.8 Å². The zero-order chi connectivity index (χ0) is 26.3. The Bertz CT molecular complexity index is 940. The van der Waals surface area contributed by atoms with Crippen LogP contribution in [0, 0.1) is 17.3 Å². The Morgan fingerprint density at radius 2 is 1.78 bits per heavy atom. The second kappa shape index (κ2) is 10.8. The fourth-order valence-electron chi connectivity index (χ4n) is 7.44. The Kier molecular flexibility index (Phi) is 8.01. The molecule has 3 aliphatic heterocycles. The lowest BCUT2D eigenvalue weighted by Crippen LogP contribution is -2.60. The van der Waals surface area contributed by atoms with Gasteiger partial charge in [-0.2, -0.15) is 5.10 Å². The van der Waals surface area contributed by atoms with E-state index in [2.05, 4.69) is 60.3 Å². The Balaban J connectivity index is 1.39. The lowest BCUT2D eigenvalue weighted by Gasteiger charge is -2.58. The summed E-state index contributed by atoms with van der Waals surface area (Å²) in [5.74, 6) is 1.09. The average Bonchev–Trinajstić information content (AvgIpc) is 3.26. The number of fused-ring (bicyclic) bond motifs is 2. The Morgan fingerprint density at radius 3 is 2.46 bits per heavy atom. The smallest absolute Gasteiger partial charge is 0.0752 e. The fourth-order valence-corrected chi connectivity index (χ4v) is 9.04. The highest BCUT2D eigenvalue weighted by Gasteiger charge is 2.54. The van der Waals surface area contributed by atoms with Crippen LogP contribution in [-0.2, 0) is 5.41 Å². The van der Waals surface area contributed by atoms with Crippen LogP contribution in [0.4, 0.5) is 0 Å². The first kappa shape index (κ1) is 27.4. The molecule has 4 atom stereocenters. The van der Waals surface area contributed by atoms with Crippen molar-refractivity contribution in [2.75, 3.05) is 39.3 Å². The van der Waals surface area contributed by atoms with Crippen molar-refractivity contribution in [2.24, 2.45) is 22.4 Å². The van der Waals surface area contributed by atoms with Gasteiger partial charge >= 0.3 is 0 Å². The summed E-state index contributed by atoms with van der Waals surface area (Å²) in [6.45, 7) is 14.9. The van der Waals surface area contributed by atoms with Gasteiger partial charge in [0.1, 0.15) is 0 Å². The van der Waals surface area contributed by atoms with Crippen molar-refractivity contribution in [1.29, 1.82) is 0 Å². The third-order valence-electron chi connectivity index (χ3n) is 9.66. The number of benzene rings is 1. The molecule has 37 heavy (non-hydrogen) atoms. The minimum Gasteiger partial charge on any atom is -0.303 e. The van der Waals surface area contributed by atoms with E-state index in [4.69, 9.17) is 5.10 Å². The molecule has 4 aliphatic rings. The molecule has 1 aliphatic carbocycles. The van der Waals surface area contributed by atoms with Gasteiger partial charge in [-0.25, -0.2) is 4.31 Å². The number of likely N-dealkylation sites (tertiary alicyclic amines) is 1. The molecule has 3 fully saturated rings. The number of nitrogens with zero attached hydrogens (tertiary/aromatic N) is 4. The second-order valence-corrected chi connectivity index (χ2v) is 15.3. The molecule has 0 bridgehead atoms. The Labute approximate surface area is 227 Å². The number of piperidine rings is 2. The molecule has 2 saturated heterocycles. The van der Waals surface area contributed by atoms with E-state index in [0.717, 1.165) is 39.0 Å². The molecular weight excluding hydrogens is 480 g/mol. The van der Waals surface area contributed by atoms with Crippen LogP contribution in [0.3, 0.4) is 0 Å². The summed E-state index contributed by atoms with van der Waals surface area (Å²) in [4.78, 5) is 3.35. The van der Waals surface area contributed by atoms with Gasteiger partial charge in [-0.05, 0) is 80.6 Å². The molecule has 4 unspecified atom stereocenters. The van der Waals surface area contributed by atoms with E-state index in [1.807, 2.05) is 12.1 Å². The maximum atomic E-state index is 11.7. The first-order valence-electron chi connectivity index (χ1n) is 14.8. The molecule has 208 valence electrons. The van der Waals surface area contributed by atoms with Crippen LogP contribution in [0.15, 0.2) is 34.3 Å². The van der Waals surface area contributed by atoms with Crippen LogP contribution in [0.25, 0.3) is 0 Å². The molecule has 1 aromatic carbocycles. The van der Waals surface area contributed by atoms with Gasteiger partial charge in [-0.15, -0.1) is 10.8 Å². The lowest BCUT2D eigenvalue weighted by molar-refractivity contribution is -0.0460. The summed E-state index contributed by atoms with van der Waals surface area (Å²) in [7, 11) is -3.03. The predicted molar refractivity (Wildman–Crippen MR) is 155 cm³/mol. The van der Waals surface area contributed by atoms with Crippen LogP contribution < -0.4 is 0 Å². The van der Waals surface area contributed by atoms with E-state index in [9.17, 15) is 9.11 Å². The highest BCUT2D eigenvalue weighted by atomic mass is 32.3. The number of rotatable bonds is 7. The summed E-state index contributed by atoms with van der Waals surface area (Å²) in [5, 5.41) is 7.27.